The minimum atomic E-state index is -0.403. The van der Waals surface area contributed by atoms with E-state index in [1.54, 1.807) is 6.20 Å². The molecule has 126 valence electrons. The number of aromatic nitrogens is 2. The number of nitrogens with one attached hydrogen (secondary N) is 1. The van der Waals surface area contributed by atoms with Crippen molar-refractivity contribution in [2.24, 2.45) is 0 Å². The molecule has 2 amide bonds. The van der Waals surface area contributed by atoms with E-state index < -0.39 is 5.60 Å². The van der Waals surface area contributed by atoms with Crippen LogP contribution < -0.4 is 5.32 Å². The molecule has 3 heterocycles. The van der Waals surface area contributed by atoms with Gasteiger partial charge in [-0.1, -0.05) is 0 Å². The fourth-order valence-corrected chi connectivity index (χ4v) is 3.40. The molecule has 0 saturated carbocycles. The minimum Gasteiger partial charge on any atom is -0.441 e. The number of carbonyl (C=O) groups is 2. The van der Waals surface area contributed by atoms with Crippen LogP contribution in [0.3, 0.4) is 0 Å². The van der Waals surface area contributed by atoms with Crippen LogP contribution in [-0.2, 0) is 16.1 Å². The molecule has 1 aromatic heterocycles. The number of imidazole rings is 1. The van der Waals surface area contributed by atoms with E-state index in [1.807, 2.05) is 18.0 Å². The monoisotopic (exact) mass is 320 g/mol. The Kier molecular flexibility index (Phi) is 4.54. The number of ether oxygens (including phenoxy) is 1. The summed E-state index contributed by atoms with van der Waals surface area (Å²) in [5.41, 5.74) is -0.403. The molecule has 0 aliphatic carbocycles. The van der Waals surface area contributed by atoms with Crippen molar-refractivity contribution in [3.8, 4) is 0 Å². The third-order valence-corrected chi connectivity index (χ3v) is 4.83. The van der Waals surface area contributed by atoms with Gasteiger partial charge in [0, 0.05) is 44.9 Å². The van der Waals surface area contributed by atoms with Gasteiger partial charge in [-0.15, -0.1) is 0 Å². The fourth-order valence-electron chi connectivity index (χ4n) is 3.40. The molecule has 1 aromatic rings. The summed E-state index contributed by atoms with van der Waals surface area (Å²) in [6, 6.07) is 0. The molecular weight excluding hydrogens is 296 g/mol. The second-order valence-electron chi connectivity index (χ2n) is 6.43. The highest BCUT2D eigenvalue weighted by Gasteiger charge is 2.41. The van der Waals surface area contributed by atoms with Crippen molar-refractivity contribution in [2.45, 2.75) is 51.2 Å². The summed E-state index contributed by atoms with van der Waals surface area (Å²) in [6.45, 7) is 4.76. The Morgan fingerprint density at radius 2 is 2.30 bits per heavy atom. The predicted molar refractivity (Wildman–Crippen MR) is 83.8 cm³/mol. The highest BCUT2D eigenvalue weighted by atomic mass is 16.6. The first-order chi connectivity index (χ1) is 11.1. The van der Waals surface area contributed by atoms with Gasteiger partial charge in [0.05, 0.1) is 6.54 Å². The molecule has 1 N–H and O–H groups in total. The Morgan fingerprint density at radius 3 is 3.00 bits per heavy atom. The molecule has 1 spiro atoms. The van der Waals surface area contributed by atoms with E-state index in [9.17, 15) is 9.59 Å². The number of alkyl carbamates (subject to hydrolysis) is 1. The van der Waals surface area contributed by atoms with Crippen LogP contribution in [0.2, 0.25) is 0 Å². The smallest absolute Gasteiger partial charge is 0.407 e. The minimum absolute atomic E-state index is 0.192. The maximum absolute atomic E-state index is 12.4. The molecule has 3 rings (SSSR count). The van der Waals surface area contributed by atoms with Crippen LogP contribution in [0.1, 0.15) is 37.9 Å². The van der Waals surface area contributed by atoms with Gasteiger partial charge in [-0.05, 0) is 26.2 Å². The normalized spacial score (nSPS) is 24.4. The molecule has 2 saturated heterocycles. The predicted octanol–water partition coefficient (Wildman–Crippen LogP) is 1.46. The second kappa shape index (κ2) is 6.60. The molecule has 0 radical (unpaired) electrons. The Hall–Kier alpha value is -2.05. The van der Waals surface area contributed by atoms with E-state index in [-0.39, 0.29) is 12.0 Å². The number of hydrogen-bond donors (Lipinski definition) is 1. The number of aryl methyl sites for hydroxylation is 2. The lowest BCUT2D eigenvalue weighted by molar-refractivity contribution is -0.131. The van der Waals surface area contributed by atoms with Crippen LogP contribution in [0.15, 0.2) is 12.4 Å². The van der Waals surface area contributed by atoms with Gasteiger partial charge in [-0.2, -0.15) is 0 Å². The largest absolute Gasteiger partial charge is 0.441 e. The zero-order valence-electron chi connectivity index (χ0n) is 13.6. The van der Waals surface area contributed by atoms with E-state index in [1.165, 1.54) is 0 Å². The first kappa shape index (κ1) is 15.8. The van der Waals surface area contributed by atoms with Gasteiger partial charge in [0.15, 0.2) is 0 Å². The van der Waals surface area contributed by atoms with Gasteiger partial charge in [-0.3, -0.25) is 4.79 Å². The van der Waals surface area contributed by atoms with Crippen molar-refractivity contribution in [3.05, 3.63) is 18.2 Å². The highest BCUT2D eigenvalue weighted by Crippen LogP contribution is 2.29. The zero-order chi connectivity index (χ0) is 16.3. The molecule has 7 nitrogen and oxygen atoms in total. The lowest BCUT2D eigenvalue weighted by Crippen LogP contribution is -2.36. The van der Waals surface area contributed by atoms with Crippen LogP contribution in [0.25, 0.3) is 0 Å². The first-order valence-electron chi connectivity index (χ1n) is 8.30. The molecule has 2 aliphatic heterocycles. The van der Waals surface area contributed by atoms with E-state index in [2.05, 4.69) is 14.9 Å². The van der Waals surface area contributed by atoms with E-state index in [0.29, 0.717) is 19.5 Å². The summed E-state index contributed by atoms with van der Waals surface area (Å²) in [5.74, 6) is 1.17. The maximum Gasteiger partial charge on any atom is 0.407 e. The number of carbonyl (C=O) groups excluding carboxylic acids is 2. The molecule has 7 heteroatoms. The van der Waals surface area contributed by atoms with Crippen molar-refractivity contribution in [1.82, 2.24) is 19.8 Å². The van der Waals surface area contributed by atoms with Crippen LogP contribution in [0.5, 0.6) is 0 Å². The third kappa shape index (κ3) is 3.65. The van der Waals surface area contributed by atoms with Crippen molar-refractivity contribution < 1.29 is 14.3 Å². The zero-order valence-corrected chi connectivity index (χ0v) is 13.6. The second-order valence-corrected chi connectivity index (χ2v) is 6.43. The topological polar surface area (TPSA) is 76.5 Å². The first-order valence-corrected chi connectivity index (χ1v) is 8.30. The number of amides is 2. The van der Waals surface area contributed by atoms with Gasteiger partial charge >= 0.3 is 6.09 Å². The molecule has 0 aromatic carbocycles. The Bertz CT molecular complexity index is 586. The van der Waals surface area contributed by atoms with Crippen molar-refractivity contribution in [1.29, 1.82) is 0 Å². The van der Waals surface area contributed by atoms with Crippen LogP contribution in [-0.4, -0.2) is 51.7 Å². The molecule has 0 bridgehead atoms. The number of nitrogens with zero attached hydrogens (tertiary/aromatic N) is 3. The SMILES string of the molecule is Cc1nccn1CCCC(=O)N1CCC[C@]2(CC1)CNC(=O)O2. The molecule has 2 fully saturated rings. The third-order valence-electron chi connectivity index (χ3n) is 4.83. The van der Waals surface area contributed by atoms with Crippen molar-refractivity contribution in [3.63, 3.8) is 0 Å². The Labute approximate surface area is 136 Å². The molecular formula is C16H24N4O3. The van der Waals surface area contributed by atoms with Gasteiger partial charge in [0.1, 0.15) is 11.4 Å². The van der Waals surface area contributed by atoms with Gasteiger partial charge < -0.3 is 19.5 Å². The summed E-state index contributed by atoms with van der Waals surface area (Å²) >= 11 is 0. The van der Waals surface area contributed by atoms with Crippen molar-refractivity contribution in [2.75, 3.05) is 19.6 Å². The summed E-state index contributed by atoms with van der Waals surface area (Å²) in [5, 5.41) is 2.73. The van der Waals surface area contributed by atoms with E-state index in [0.717, 1.165) is 44.6 Å². The standard InChI is InChI=1S/C16H24N4O3/c1-13-17-7-11-19(13)8-2-4-14(21)20-9-3-5-16(6-10-20)12-18-15(22)23-16/h7,11H,2-6,8-10,12H2,1H3,(H,18,22)/t16-/m0/s1. The Balaban J connectivity index is 1.46. The molecule has 23 heavy (non-hydrogen) atoms. The molecule has 2 aliphatic rings. The molecule has 0 unspecified atom stereocenters. The Morgan fingerprint density at radius 1 is 1.43 bits per heavy atom. The van der Waals surface area contributed by atoms with Gasteiger partial charge in [-0.25, -0.2) is 9.78 Å². The average molecular weight is 320 g/mol. The van der Waals surface area contributed by atoms with Crippen LogP contribution >= 0.6 is 0 Å². The average Bonchev–Trinajstić information content (AvgIpc) is 3.02. The van der Waals surface area contributed by atoms with E-state index >= 15 is 0 Å². The van der Waals surface area contributed by atoms with Crippen LogP contribution in [0.4, 0.5) is 4.79 Å². The summed E-state index contributed by atoms with van der Waals surface area (Å²) in [4.78, 5) is 29.8. The van der Waals surface area contributed by atoms with Gasteiger partial charge in [0.25, 0.3) is 0 Å². The quantitative estimate of drug-likeness (QED) is 0.911. The van der Waals surface area contributed by atoms with Crippen LogP contribution in [0, 0.1) is 6.92 Å². The number of likely N-dealkylation sites (tertiary alicyclic amines) is 1. The summed E-state index contributed by atoms with van der Waals surface area (Å²) in [7, 11) is 0. The number of hydrogen-bond acceptors (Lipinski definition) is 4. The summed E-state index contributed by atoms with van der Waals surface area (Å²) in [6.07, 6.45) is 7.17. The van der Waals surface area contributed by atoms with E-state index in [4.69, 9.17) is 4.74 Å². The lowest BCUT2D eigenvalue weighted by atomic mass is 9.95. The lowest BCUT2D eigenvalue weighted by Gasteiger charge is -2.25. The highest BCUT2D eigenvalue weighted by molar-refractivity contribution is 5.76. The molecule has 1 atom stereocenters. The van der Waals surface area contributed by atoms with Gasteiger partial charge in [0.2, 0.25) is 5.91 Å². The van der Waals surface area contributed by atoms with Crippen molar-refractivity contribution >= 4 is 12.0 Å². The number of rotatable bonds is 4. The summed E-state index contributed by atoms with van der Waals surface area (Å²) < 4.78 is 7.51. The fraction of sp³-hybridized carbons (Fsp3) is 0.688. The maximum atomic E-state index is 12.4.